The van der Waals surface area contributed by atoms with Crippen LogP contribution in [-0.2, 0) is 14.8 Å². The molecule has 0 atom stereocenters. The highest BCUT2D eigenvalue weighted by molar-refractivity contribution is 7.89. The summed E-state index contributed by atoms with van der Waals surface area (Å²) in [6, 6.07) is 4.63. The first-order valence-corrected chi connectivity index (χ1v) is 6.88. The van der Waals surface area contributed by atoms with Crippen molar-refractivity contribution in [2.75, 3.05) is 45.4 Å². The zero-order chi connectivity index (χ0) is 13.8. The maximum absolute atomic E-state index is 11.9. The van der Waals surface area contributed by atoms with Gasteiger partial charge in [0.2, 0.25) is 10.0 Å². The summed E-state index contributed by atoms with van der Waals surface area (Å²) in [6.07, 6.45) is 0. The molecule has 0 bridgehead atoms. The summed E-state index contributed by atoms with van der Waals surface area (Å²) < 4.78 is 29.8. The first-order chi connectivity index (χ1) is 8.39. The molecule has 0 saturated heterocycles. The molecule has 18 heavy (non-hydrogen) atoms. The molecule has 0 fully saturated rings. The number of nitrogens with zero attached hydrogens (tertiary/aromatic N) is 1. The van der Waals surface area contributed by atoms with Gasteiger partial charge in [-0.25, -0.2) is 12.7 Å². The van der Waals surface area contributed by atoms with Gasteiger partial charge < -0.3 is 15.8 Å². The summed E-state index contributed by atoms with van der Waals surface area (Å²) in [4.78, 5) is 0.183. The summed E-state index contributed by atoms with van der Waals surface area (Å²) in [5, 5.41) is 3.06. The van der Waals surface area contributed by atoms with E-state index in [4.69, 9.17) is 10.5 Å². The second-order valence-electron chi connectivity index (χ2n) is 3.96. The summed E-state index contributed by atoms with van der Waals surface area (Å²) in [7, 11) is 1.13. The standard InChI is InChI=1S/C11H19N3O3S/c1-14(2)18(15,16)9-4-5-11(10(12)8-9)13-6-7-17-3/h4-5,8,13H,6-7,12H2,1-3H3. The van der Waals surface area contributed by atoms with Crippen LogP contribution in [0.4, 0.5) is 11.4 Å². The predicted octanol–water partition coefficient (Wildman–Crippen LogP) is 0.577. The van der Waals surface area contributed by atoms with E-state index in [0.29, 0.717) is 24.5 Å². The maximum Gasteiger partial charge on any atom is 0.242 e. The second kappa shape index (κ2) is 6.03. The number of sulfonamides is 1. The van der Waals surface area contributed by atoms with Gasteiger partial charge >= 0.3 is 0 Å². The van der Waals surface area contributed by atoms with Gasteiger partial charge in [-0.3, -0.25) is 0 Å². The third kappa shape index (κ3) is 3.34. The number of benzene rings is 1. The normalized spacial score (nSPS) is 11.8. The van der Waals surface area contributed by atoms with E-state index >= 15 is 0 Å². The Balaban J connectivity index is 2.93. The Morgan fingerprint density at radius 3 is 2.56 bits per heavy atom. The predicted molar refractivity (Wildman–Crippen MR) is 72.1 cm³/mol. The molecule has 1 aromatic rings. The van der Waals surface area contributed by atoms with Crippen LogP contribution in [0.1, 0.15) is 0 Å². The Labute approximate surface area is 108 Å². The molecule has 0 radical (unpaired) electrons. The molecule has 3 N–H and O–H groups in total. The van der Waals surface area contributed by atoms with Crippen LogP contribution in [0.3, 0.4) is 0 Å². The average Bonchev–Trinajstić information content (AvgIpc) is 2.31. The molecule has 102 valence electrons. The molecular weight excluding hydrogens is 254 g/mol. The molecule has 1 aromatic carbocycles. The highest BCUT2D eigenvalue weighted by atomic mass is 32.2. The first kappa shape index (κ1) is 14.7. The number of rotatable bonds is 6. The third-order valence-corrected chi connectivity index (χ3v) is 4.23. The van der Waals surface area contributed by atoms with E-state index in [-0.39, 0.29) is 4.90 Å². The number of nitrogens with two attached hydrogens (primary N) is 1. The fourth-order valence-corrected chi connectivity index (χ4v) is 2.30. The highest BCUT2D eigenvalue weighted by Gasteiger charge is 2.17. The summed E-state index contributed by atoms with van der Waals surface area (Å²) >= 11 is 0. The topological polar surface area (TPSA) is 84.7 Å². The third-order valence-electron chi connectivity index (χ3n) is 2.42. The number of ether oxygens (including phenoxy) is 1. The number of anilines is 2. The smallest absolute Gasteiger partial charge is 0.242 e. The van der Waals surface area contributed by atoms with Crippen LogP contribution in [0, 0.1) is 0 Å². The van der Waals surface area contributed by atoms with E-state index in [1.54, 1.807) is 13.2 Å². The molecule has 0 amide bonds. The second-order valence-corrected chi connectivity index (χ2v) is 6.11. The molecule has 0 heterocycles. The van der Waals surface area contributed by atoms with E-state index < -0.39 is 10.0 Å². The van der Waals surface area contributed by atoms with Gasteiger partial charge in [0.15, 0.2) is 0 Å². The van der Waals surface area contributed by atoms with Crippen molar-refractivity contribution in [3.05, 3.63) is 18.2 Å². The number of methoxy groups -OCH3 is 1. The van der Waals surface area contributed by atoms with Gasteiger partial charge in [0, 0.05) is 27.7 Å². The lowest BCUT2D eigenvalue weighted by Gasteiger charge is -2.14. The molecule has 0 aromatic heterocycles. The number of nitrogens with one attached hydrogen (secondary N) is 1. The largest absolute Gasteiger partial charge is 0.397 e. The van der Waals surface area contributed by atoms with Crippen molar-refractivity contribution in [3.63, 3.8) is 0 Å². The minimum absolute atomic E-state index is 0.183. The van der Waals surface area contributed by atoms with Crippen molar-refractivity contribution in [1.29, 1.82) is 0 Å². The quantitative estimate of drug-likeness (QED) is 0.585. The maximum atomic E-state index is 11.9. The number of nitrogen functional groups attached to an aromatic ring is 1. The Morgan fingerprint density at radius 2 is 2.06 bits per heavy atom. The molecule has 0 aliphatic heterocycles. The molecule has 0 aliphatic carbocycles. The Morgan fingerprint density at radius 1 is 1.39 bits per heavy atom. The fraction of sp³-hybridized carbons (Fsp3) is 0.455. The van der Waals surface area contributed by atoms with Crippen molar-refractivity contribution >= 4 is 21.4 Å². The minimum Gasteiger partial charge on any atom is -0.397 e. The molecule has 0 unspecified atom stereocenters. The van der Waals surface area contributed by atoms with Crippen LogP contribution >= 0.6 is 0 Å². The van der Waals surface area contributed by atoms with Crippen LogP contribution < -0.4 is 11.1 Å². The molecule has 0 aliphatic rings. The molecule has 6 nitrogen and oxygen atoms in total. The van der Waals surface area contributed by atoms with Crippen LogP contribution in [0.5, 0.6) is 0 Å². The van der Waals surface area contributed by atoms with E-state index in [0.717, 1.165) is 4.31 Å². The first-order valence-electron chi connectivity index (χ1n) is 5.44. The minimum atomic E-state index is -3.44. The van der Waals surface area contributed by atoms with Crippen LogP contribution in [-0.4, -0.2) is 47.1 Å². The van der Waals surface area contributed by atoms with Crippen LogP contribution in [0.25, 0.3) is 0 Å². The molecule has 0 spiro atoms. The monoisotopic (exact) mass is 273 g/mol. The fourth-order valence-electron chi connectivity index (χ4n) is 1.36. The molecule has 7 heteroatoms. The van der Waals surface area contributed by atoms with Crippen molar-refractivity contribution in [3.8, 4) is 0 Å². The Kier molecular flexibility index (Phi) is 4.94. The van der Waals surface area contributed by atoms with E-state index in [2.05, 4.69) is 5.32 Å². The zero-order valence-electron chi connectivity index (χ0n) is 10.8. The van der Waals surface area contributed by atoms with Gasteiger partial charge in [-0.1, -0.05) is 0 Å². The molecule has 1 rings (SSSR count). The lowest BCUT2D eigenvalue weighted by Crippen LogP contribution is -2.22. The Hall–Kier alpha value is -1.31. The van der Waals surface area contributed by atoms with Gasteiger partial charge in [0.1, 0.15) is 0 Å². The highest BCUT2D eigenvalue weighted by Crippen LogP contribution is 2.23. The van der Waals surface area contributed by atoms with Crippen LogP contribution in [0.2, 0.25) is 0 Å². The van der Waals surface area contributed by atoms with E-state index in [1.807, 2.05) is 0 Å². The van der Waals surface area contributed by atoms with Gasteiger partial charge in [0.05, 0.1) is 22.9 Å². The van der Waals surface area contributed by atoms with Crippen molar-refractivity contribution < 1.29 is 13.2 Å². The lowest BCUT2D eigenvalue weighted by molar-refractivity contribution is 0.211. The summed E-state index contributed by atoms with van der Waals surface area (Å²) in [5.74, 6) is 0. The van der Waals surface area contributed by atoms with E-state index in [1.165, 1.54) is 26.2 Å². The van der Waals surface area contributed by atoms with Crippen molar-refractivity contribution in [2.24, 2.45) is 0 Å². The zero-order valence-corrected chi connectivity index (χ0v) is 11.6. The number of hydrogen-bond donors (Lipinski definition) is 2. The summed E-state index contributed by atoms with van der Waals surface area (Å²) in [6.45, 7) is 1.16. The molecular formula is C11H19N3O3S. The average molecular weight is 273 g/mol. The van der Waals surface area contributed by atoms with E-state index in [9.17, 15) is 8.42 Å². The van der Waals surface area contributed by atoms with Crippen molar-refractivity contribution in [2.45, 2.75) is 4.90 Å². The van der Waals surface area contributed by atoms with Gasteiger partial charge in [-0.05, 0) is 18.2 Å². The van der Waals surface area contributed by atoms with Crippen molar-refractivity contribution in [1.82, 2.24) is 4.31 Å². The van der Waals surface area contributed by atoms with Crippen LogP contribution in [0.15, 0.2) is 23.1 Å². The summed E-state index contributed by atoms with van der Waals surface area (Å²) in [5.41, 5.74) is 6.91. The van der Waals surface area contributed by atoms with Gasteiger partial charge in [0.25, 0.3) is 0 Å². The lowest BCUT2D eigenvalue weighted by atomic mass is 10.2. The number of hydrogen-bond acceptors (Lipinski definition) is 5. The van der Waals surface area contributed by atoms with Gasteiger partial charge in [-0.2, -0.15) is 0 Å². The van der Waals surface area contributed by atoms with Gasteiger partial charge in [-0.15, -0.1) is 0 Å². The Bertz CT molecular complexity index is 500. The SMILES string of the molecule is COCCNc1ccc(S(=O)(=O)N(C)C)cc1N. The molecule has 0 saturated carbocycles.